The molecule has 0 aliphatic rings. The number of hydrogen-bond donors (Lipinski definition) is 2. The molecule has 3 rings (SSSR count). The van der Waals surface area contributed by atoms with Gasteiger partial charge in [-0.25, -0.2) is 4.79 Å². The summed E-state index contributed by atoms with van der Waals surface area (Å²) < 4.78 is 5.38. The maximum atomic E-state index is 12.2. The van der Waals surface area contributed by atoms with Gasteiger partial charge in [0, 0.05) is 18.2 Å². The van der Waals surface area contributed by atoms with Crippen molar-refractivity contribution in [1.29, 1.82) is 0 Å². The highest BCUT2D eigenvalue weighted by molar-refractivity contribution is 5.94. The fourth-order valence-corrected chi connectivity index (χ4v) is 2.87. The molecule has 0 saturated carbocycles. The summed E-state index contributed by atoms with van der Waals surface area (Å²) in [5.41, 5.74) is 2.90. The van der Waals surface area contributed by atoms with Crippen LogP contribution in [-0.2, 0) is 11.2 Å². The number of carboxylic acids is 1. The molecular formula is C22H20N2O4. The molecule has 1 atom stereocenters. The minimum atomic E-state index is -1.10. The van der Waals surface area contributed by atoms with Crippen LogP contribution < -0.4 is 10.1 Å². The summed E-state index contributed by atoms with van der Waals surface area (Å²) >= 11 is 0. The molecule has 2 N–H and O–H groups in total. The van der Waals surface area contributed by atoms with E-state index in [-0.39, 0.29) is 12.1 Å². The van der Waals surface area contributed by atoms with Crippen LogP contribution in [0, 0.1) is 0 Å². The number of para-hydroxylation sites is 1. The van der Waals surface area contributed by atoms with Crippen LogP contribution in [0.2, 0.25) is 0 Å². The summed E-state index contributed by atoms with van der Waals surface area (Å²) in [6, 6.07) is 19.1. The maximum absolute atomic E-state index is 12.2. The van der Waals surface area contributed by atoms with E-state index in [0.717, 1.165) is 22.4 Å². The number of carbonyl (C=O) groups excluding carboxylic acids is 1. The molecular weight excluding hydrogens is 356 g/mol. The van der Waals surface area contributed by atoms with Crippen LogP contribution >= 0.6 is 0 Å². The highest BCUT2D eigenvalue weighted by atomic mass is 16.5. The molecule has 0 bridgehead atoms. The minimum Gasteiger partial charge on any atom is -0.496 e. The number of nitrogens with zero attached hydrogens (tertiary/aromatic N) is 1. The van der Waals surface area contributed by atoms with Gasteiger partial charge in [0.2, 0.25) is 0 Å². The fraction of sp³-hybridized carbons (Fsp3) is 0.136. The number of nitrogens with one attached hydrogen (secondary N) is 1. The van der Waals surface area contributed by atoms with Gasteiger partial charge in [-0.15, -0.1) is 0 Å². The van der Waals surface area contributed by atoms with Gasteiger partial charge in [-0.3, -0.25) is 9.78 Å². The number of carbonyl (C=O) groups is 2. The average molecular weight is 376 g/mol. The van der Waals surface area contributed by atoms with E-state index in [1.54, 1.807) is 19.2 Å². The van der Waals surface area contributed by atoms with Crippen LogP contribution in [0.25, 0.3) is 11.1 Å². The molecule has 0 aliphatic heterocycles. The van der Waals surface area contributed by atoms with Gasteiger partial charge in [0.05, 0.1) is 7.11 Å². The third kappa shape index (κ3) is 4.54. The van der Waals surface area contributed by atoms with Gasteiger partial charge in [-0.1, -0.05) is 48.5 Å². The van der Waals surface area contributed by atoms with Gasteiger partial charge in [0.15, 0.2) is 0 Å². The largest absolute Gasteiger partial charge is 0.496 e. The molecule has 3 aromatic rings. The minimum absolute atomic E-state index is 0.167. The number of hydrogen-bond acceptors (Lipinski definition) is 4. The molecule has 1 aromatic heterocycles. The molecule has 2 aromatic carbocycles. The molecule has 0 radical (unpaired) electrons. The van der Waals surface area contributed by atoms with E-state index >= 15 is 0 Å². The predicted octanol–water partition coefficient (Wildman–Crippen LogP) is 3.18. The number of carboxylic acid groups (broad SMARTS) is 1. The first-order valence-corrected chi connectivity index (χ1v) is 8.75. The van der Waals surface area contributed by atoms with E-state index in [4.69, 9.17) is 4.74 Å². The van der Waals surface area contributed by atoms with Crippen LogP contribution in [0.15, 0.2) is 72.9 Å². The van der Waals surface area contributed by atoms with Crippen LogP contribution in [0.3, 0.4) is 0 Å². The van der Waals surface area contributed by atoms with Gasteiger partial charge in [-0.05, 0) is 29.3 Å². The fourth-order valence-electron chi connectivity index (χ4n) is 2.87. The lowest BCUT2D eigenvalue weighted by molar-refractivity contribution is -0.139. The Kier molecular flexibility index (Phi) is 6.01. The summed E-state index contributed by atoms with van der Waals surface area (Å²) in [5.74, 6) is -0.849. The van der Waals surface area contributed by atoms with Crippen LogP contribution in [-0.4, -0.2) is 35.1 Å². The van der Waals surface area contributed by atoms with Crippen molar-refractivity contribution in [2.75, 3.05) is 7.11 Å². The van der Waals surface area contributed by atoms with Crippen molar-refractivity contribution >= 4 is 11.9 Å². The van der Waals surface area contributed by atoms with E-state index in [1.807, 2.05) is 48.5 Å². The molecule has 6 heteroatoms. The second-order valence-electron chi connectivity index (χ2n) is 6.18. The Labute approximate surface area is 162 Å². The summed E-state index contributed by atoms with van der Waals surface area (Å²) in [6.07, 6.45) is 1.65. The molecule has 28 heavy (non-hydrogen) atoms. The Morgan fingerprint density at radius 1 is 1.04 bits per heavy atom. The normalized spacial score (nSPS) is 11.5. The number of pyridine rings is 1. The number of benzene rings is 2. The second kappa shape index (κ2) is 8.81. The molecule has 1 amide bonds. The standard InChI is InChI=1S/C22H20N2O4/c1-28-20-8-3-2-6-17(20)16-11-9-15(10-12-16)14-19(22(26)27)24-21(25)18-7-4-5-13-23-18/h2-13,19H,14H2,1H3,(H,24,25)(H,26,27). The molecule has 0 fully saturated rings. The molecule has 0 saturated heterocycles. The monoisotopic (exact) mass is 376 g/mol. The Morgan fingerprint density at radius 2 is 1.75 bits per heavy atom. The zero-order valence-electron chi connectivity index (χ0n) is 15.3. The van der Waals surface area contributed by atoms with Gasteiger partial charge in [0.25, 0.3) is 5.91 Å². The highest BCUT2D eigenvalue weighted by Gasteiger charge is 2.21. The predicted molar refractivity (Wildman–Crippen MR) is 105 cm³/mol. The maximum Gasteiger partial charge on any atom is 0.326 e. The number of ether oxygens (including phenoxy) is 1. The van der Waals surface area contributed by atoms with E-state index < -0.39 is 17.9 Å². The van der Waals surface area contributed by atoms with Crippen molar-refractivity contribution < 1.29 is 19.4 Å². The number of aliphatic carboxylic acids is 1. The van der Waals surface area contributed by atoms with Crippen molar-refractivity contribution in [2.24, 2.45) is 0 Å². The summed E-state index contributed by atoms with van der Waals surface area (Å²) in [4.78, 5) is 27.7. The van der Waals surface area contributed by atoms with Crippen molar-refractivity contribution in [2.45, 2.75) is 12.5 Å². The van der Waals surface area contributed by atoms with Gasteiger partial charge < -0.3 is 15.2 Å². The van der Waals surface area contributed by atoms with Crippen molar-refractivity contribution in [3.63, 3.8) is 0 Å². The topological polar surface area (TPSA) is 88.5 Å². The van der Waals surface area contributed by atoms with Crippen molar-refractivity contribution in [3.05, 3.63) is 84.2 Å². The SMILES string of the molecule is COc1ccccc1-c1ccc(CC(NC(=O)c2ccccn2)C(=O)O)cc1. The molecule has 6 nitrogen and oxygen atoms in total. The van der Waals surface area contributed by atoms with Gasteiger partial charge in [-0.2, -0.15) is 0 Å². The summed E-state index contributed by atoms with van der Waals surface area (Å²) in [7, 11) is 1.62. The first-order chi connectivity index (χ1) is 13.6. The highest BCUT2D eigenvalue weighted by Crippen LogP contribution is 2.29. The average Bonchev–Trinajstić information content (AvgIpc) is 2.74. The third-order valence-electron chi connectivity index (χ3n) is 4.31. The van der Waals surface area contributed by atoms with Crippen LogP contribution in [0.1, 0.15) is 16.1 Å². The van der Waals surface area contributed by atoms with E-state index in [1.165, 1.54) is 12.3 Å². The van der Waals surface area contributed by atoms with Crippen molar-refractivity contribution in [3.8, 4) is 16.9 Å². The second-order valence-corrected chi connectivity index (χ2v) is 6.18. The lowest BCUT2D eigenvalue weighted by atomic mass is 10.00. The van der Waals surface area contributed by atoms with Gasteiger partial charge >= 0.3 is 5.97 Å². The van der Waals surface area contributed by atoms with Crippen molar-refractivity contribution in [1.82, 2.24) is 10.3 Å². The Balaban J connectivity index is 1.73. The smallest absolute Gasteiger partial charge is 0.326 e. The number of aromatic nitrogens is 1. The number of amides is 1. The third-order valence-corrected chi connectivity index (χ3v) is 4.31. The lowest BCUT2D eigenvalue weighted by Crippen LogP contribution is -2.42. The summed E-state index contributed by atoms with van der Waals surface area (Å²) in [6.45, 7) is 0. The molecule has 142 valence electrons. The van der Waals surface area contributed by atoms with Crippen LogP contribution in [0.4, 0.5) is 0 Å². The Hall–Kier alpha value is -3.67. The lowest BCUT2D eigenvalue weighted by Gasteiger charge is -2.15. The quantitative estimate of drug-likeness (QED) is 0.661. The Morgan fingerprint density at radius 3 is 2.39 bits per heavy atom. The summed E-state index contributed by atoms with van der Waals surface area (Å²) in [5, 5.41) is 12.0. The van der Waals surface area contributed by atoms with E-state index in [0.29, 0.717) is 0 Å². The number of rotatable bonds is 7. The van der Waals surface area contributed by atoms with Crippen LogP contribution in [0.5, 0.6) is 5.75 Å². The van der Waals surface area contributed by atoms with E-state index in [9.17, 15) is 14.7 Å². The zero-order valence-corrected chi connectivity index (χ0v) is 15.3. The van der Waals surface area contributed by atoms with E-state index in [2.05, 4.69) is 10.3 Å². The molecule has 0 aliphatic carbocycles. The zero-order chi connectivity index (χ0) is 19.9. The first-order valence-electron chi connectivity index (χ1n) is 8.75. The Bertz CT molecular complexity index is 956. The molecule has 1 heterocycles. The number of methoxy groups -OCH3 is 1. The molecule has 1 unspecified atom stereocenters. The first kappa shape index (κ1) is 19.1. The molecule has 0 spiro atoms. The van der Waals surface area contributed by atoms with Gasteiger partial charge in [0.1, 0.15) is 17.5 Å².